The number of benzene rings is 3. The van der Waals surface area contributed by atoms with Gasteiger partial charge in [-0.1, -0.05) is 30.3 Å². The molecule has 4 rings (SSSR count). The van der Waals surface area contributed by atoms with Gasteiger partial charge in [-0.3, -0.25) is 9.59 Å². The lowest BCUT2D eigenvalue weighted by Gasteiger charge is -2.09. The molecule has 3 aromatic rings. The molecule has 5 nitrogen and oxygen atoms in total. The van der Waals surface area contributed by atoms with Crippen LogP contribution in [0.3, 0.4) is 0 Å². The molecular weight excluding hydrogens is 386 g/mol. The zero-order chi connectivity index (χ0) is 20.2. The summed E-state index contributed by atoms with van der Waals surface area (Å²) in [5.41, 5.74) is 2.08. The number of hydrogen-bond donors (Lipinski definition) is 1. The Kier molecular flexibility index (Phi) is 5.44. The van der Waals surface area contributed by atoms with Crippen LogP contribution < -0.4 is 10.1 Å². The molecule has 0 aliphatic carbocycles. The Labute approximate surface area is 172 Å². The number of ether oxygens (including phenoxy) is 1. The highest BCUT2D eigenvalue weighted by Crippen LogP contribution is 2.31. The minimum absolute atomic E-state index is 0.0690. The van der Waals surface area contributed by atoms with Crippen molar-refractivity contribution >= 4 is 35.1 Å². The SMILES string of the molecule is O=C1CCSc2ccc(C(=O)Oc3ccc(C(=O)c4ccccc4)cc3)cc2N1. The molecule has 0 atom stereocenters. The number of anilines is 1. The molecule has 0 spiro atoms. The normalized spacial score (nSPS) is 13.0. The average Bonchev–Trinajstić information content (AvgIpc) is 2.94. The lowest BCUT2D eigenvalue weighted by Crippen LogP contribution is -2.12. The number of carbonyl (C=O) groups excluding carboxylic acids is 3. The van der Waals surface area contributed by atoms with Gasteiger partial charge >= 0.3 is 5.97 Å². The van der Waals surface area contributed by atoms with Gasteiger partial charge in [-0.15, -0.1) is 11.8 Å². The van der Waals surface area contributed by atoms with Crippen molar-refractivity contribution in [3.8, 4) is 5.75 Å². The van der Waals surface area contributed by atoms with Crippen LogP contribution in [-0.2, 0) is 4.79 Å². The number of ketones is 1. The second-order valence-corrected chi connectivity index (χ2v) is 7.60. The molecule has 29 heavy (non-hydrogen) atoms. The predicted octanol–water partition coefficient (Wildman–Crippen LogP) is 4.57. The summed E-state index contributed by atoms with van der Waals surface area (Å²) in [5.74, 6) is 0.353. The fourth-order valence-electron chi connectivity index (χ4n) is 2.94. The number of thioether (sulfide) groups is 1. The third-order valence-electron chi connectivity index (χ3n) is 4.44. The van der Waals surface area contributed by atoms with Crippen molar-refractivity contribution in [2.45, 2.75) is 11.3 Å². The highest BCUT2D eigenvalue weighted by atomic mass is 32.2. The first-order chi connectivity index (χ1) is 14.1. The maximum Gasteiger partial charge on any atom is 0.343 e. The Morgan fingerprint density at radius 2 is 1.55 bits per heavy atom. The fourth-order valence-corrected chi connectivity index (χ4v) is 3.88. The number of fused-ring (bicyclic) bond motifs is 1. The molecule has 1 heterocycles. The number of rotatable bonds is 4. The van der Waals surface area contributed by atoms with E-state index < -0.39 is 5.97 Å². The van der Waals surface area contributed by atoms with Gasteiger partial charge in [-0.25, -0.2) is 4.79 Å². The summed E-state index contributed by atoms with van der Waals surface area (Å²) in [6.07, 6.45) is 0.438. The van der Waals surface area contributed by atoms with Crippen LogP contribution >= 0.6 is 11.8 Å². The van der Waals surface area contributed by atoms with E-state index in [4.69, 9.17) is 4.74 Å². The molecule has 1 aliphatic rings. The van der Waals surface area contributed by atoms with Crippen LogP contribution in [0.15, 0.2) is 77.7 Å². The minimum atomic E-state index is -0.529. The van der Waals surface area contributed by atoms with Crippen molar-refractivity contribution in [1.29, 1.82) is 0 Å². The number of nitrogens with one attached hydrogen (secondary N) is 1. The van der Waals surface area contributed by atoms with Crippen LogP contribution in [0.25, 0.3) is 0 Å². The molecule has 0 unspecified atom stereocenters. The van der Waals surface area contributed by atoms with Crippen LogP contribution in [0.4, 0.5) is 5.69 Å². The fraction of sp³-hybridized carbons (Fsp3) is 0.0870. The summed E-state index contributed by atoms with van der Waals surface area (Å²) >= 11 is 1.57. The van der Waals surface area contributed by atoms with E-state index in [9.17, 15) is 14.4 Å². The first-order valence-corrected chi connectivity index (χ1v) is 10.1. The molecule has 1 amide bonds. The lowest BCUT2D eigenvalue weighted by molar-refractivity contribution is -0.115. The van der Waals surface area contributed by atoms with E-state index in [0.29, 0.717) is 40.3 Å². The zero-order valence-electron chi connectivity index (χ0n) is 15.4. The van der Waals surface area contributed by atoms with Gasteiger partial charge in [0.2, 0.25) is 5.91 Å². The first kappa shape index (κ1) is 19.0. The number of hydrogen-bond acceptors (Lipinski definition) is 5. The van der Waals surface area contributed by atoms with Crippen LogP contribution in [0.2, 0.25) is 0 Å². The van der Waals surface area contributed by atoms with E-state index >= 15 is 0 Å². The Bertz CT molecular complexity index is 1080. The Morgan fingerprint density at radius 1 is 0.862 bits per heavy atom. The molecule has 6 heteroatoms. The van der Waals surface area contributed by atoms with E-state index in [1.807, 2.05) is 24.3 Å². The molecule has 1 aliphatic heterocycles. The van der Waals surface area contributed by atoms with Crippen molar-refractivity contribution in [2.24, 2.45) is 0 Å². The van der Waals surface area contributed by atoms with E-state index in [-0.39, 0.29) is 11.7 Å². The van der Waals surface area contributed by atoms with Crippen molar-refractivity contribution in [3.05, 3.63) is 89.5 Å². The zero-order valence-corrected chi connectivity index (χ0v) is 16.2. The molecule has 3 aromatic carbocycles. The topological polar surface area (TPSA) is 72.5 Å². The van der Waals surface area contributed by atoms with Gasteiger partial charge in [0.1, 0.15) is 5.75 Å². The van der Waals surface area contributed by atoms with Crippen molar-refractivity contribution < 1.29 is 19.1 Å². The summed E-state index contributed by atoms with van der Waals surface area (Å²) in [5, 5.41) is 2.81. The molecule has 1 N–H and O–H groups in total. The number of esters is 1. The summed E-state index contributed by atoms with van der Waals surface area (Å²) in [7, 11) is 0. The highest BCUT2D eigenvalue weighted by Gasteiger charge is 2.17. The largest absolute Gasteiger partial charge is 0.423 e. The third kappa shape index (κ3) is 4.38. The van der Waals surface area contributed by atoms with E-state index in [2.05, 4.69) is 5.32 Å². The molecule has 0 fully saturated rings. The monoisotopic (exact) mass is 403 g/mol. The lowest BCUT2D eigenvalue weighted by atomic mass is 10.0. The first-order valence-electron chi connectivity index (χ1n) is 9.09. The standard InChI is InChI=1S/C23H17NO4S/c25-21-12-13-29-20-11-8-17(14-19(20)24-21)23(27)28-18-9-6-16(7-10-18)22(26)15-4-2-1-3-5-15/h1-11,14H,12-13H2,(H,24,25). The molecule has 144 valence electrons. The molecular formula is C23H17NO4S. The van der Waals surface area contributed by atoms with Crippen molar-refractivity contribution in [1.82, 2.24) is 0 Å². The quantitative estimate of drug-likeness (QED) is 0.392. The molecule has 0 radical (unpaired) electrons. The molecule has 0 bridgehead atoms. The molecule has 0 aromatic heterocycles. The van der Waals surface area contributed by atoms with Crippen LogP contribution in [0, 0.1) is 0 Å². The van der Waals surface area contributed by atoms with E-state index in [0.717, 1.165) is 4.90 Å². The van der Waals surface area contributed by atoms with Crippen LogP contribution in [0.5, 0.6) is 5.75 Å². The van der Waals surface area contributed by atoms with Gasteiger partial charge in [0.15, 0.2) is 5.78 Å². The van der Waals surface area contributed by atoms with Gasteiger partial charge < -0.3 is 10.1 Å². The Balaban J connectivity index is 1.48. The number of amides is 1. The summed E-state index contributed by atoms with van der Waals surface area (Å²) in [4.78, 5) is 37.6. The second kappa shape index (κ2) is 8.32. The molecule has 0 saturated heterocycles. The van der Waals surface area contributed by atoms with Crippen molar-refractivity contribution in [3.63, 3.8) is 0 Å². The maximum atomic E-state index is 12.5. The van der Waals surface area contributed by atoms with E-state index in [1.165, 1.54) is 0 Å². The van der Waals surface area contributed by atoms with Gasteiger partial charge in [0.05, 0.1) is 11.3 Å². The Hall–Kier alpha value is -3.38. The average molecular weight is 403 g/mol. The smallest absolute Gasteiger partial charge is 0.343 e. The highest BCUT2D eigenvalue weighted by molar-refractivity contribution is 7.99. The predicted molar refractivity (Wildman–Crippen MR) is 112 cm³/mol. The Morgan fingerprint density at radius 3 is 2.31 bits per heavy atom. The minimum Gasteiger partial charge on any atom is -0.423 e. The summed E-state index contributed by atoms with van der Waals surface area (Å²) in [6.45, 7) is 0. The van der Waals surface area contributed by atoms with Crippen LogP contribution in [0.1, 0.15) is 32.7 Å². The second-order valence-electron chi connectivity index (χ2n) is 6.47. The maximum absolute atomic E-state index is 12.5. The third-order valence-corrected chi connectivity index (χ3v) is 5.51. The van der Waals surface area contributed by atoms with Gasteiger partial charge in [-0.2, -0.15) is 0 Å². The number of carbonyl (C=O) groups is 3. The van der Waals surface area contributed by atoms with Crippen LogP contribution in [-0.4, -0.2) is 23.4 Å². The summed E-state index contributed by atoms with van der Waals surface area (Å²) < 4.78 is 5.42. The summed E-state index contributed by atoms with van der Waals surface area (Å²) in [6, 6.07) is 20.5. The van der Waals surface area contributed by atoms with Gasteiger partial charge in [0.25, 0.3) is 0 Å². The molecule has 0 saturated carbocycles. The van der Waals surface area contributed by atoms with E-state index in [1.54, 1.807) is 60.3 Å². The van der Waals surface area contributed by atoms with Gasteiger partial charge in [-0.05, 0) is 42.5 Å². The van der Waals surface area contributed by atoms with Gasteiger partial charge in [0, 0.05) is 28.2 Å². The van der Waals surface area contributed by atoms with Crippen molar-refractivity contribution in [2.75, 3.05) is 11.1 Å².